The number of carbonyl (C=O) groups is 1. The highest BCUT2D eigenvalue weighted by molar-refractivity contribution is 5.98. The Balaban J connectivity index is 1.72. The second-order valence-electron chi connectivity index (χ2n) is 7.23. The Morgan fingerprint density at radius 2 is 2.07 bits per heavy atom. The van der Waals surface area contributed by atoms with Crippen LogP contribution in [0.15, 0.2) is 30.5 Å². The molecule has 1 aromatic heterocycles. The first-order valence-corrected chi connectivity index (χ1v) is 9.80. The van der Waals surface area contributed by atoms with Crippen LogP contribution in [0.3, 0.4) is 0 Å². The molecule has 0 radical (unpaired) electrons. The van der Waals surface area contributed by atoms with E-state index in [1.165, 1.54) is 12.8 Å². The van der Waals surface area contributed by atoms with Gasteiger partial charge in [0.05, 0.1) is 18.8 Å². The third-order valence-electron chi connectivity index (χ3n) is 5.43. The average Bonchev–Trinajstić information content (AvgIpc) is 3.25. The number of aliphatic hydroxyl groups is 1. The molecule has 0 bridgehead atoms. The minimum absolute atomic E-state index is 0.0195. The quantitative estimate of drug-likeness (QED) is 0.826. The molecule has 0 saturated heterocycles. The molecule has 1 aliphatic carbocycles. The molecule has 4 rings (SSSR count). The molecule has 148 valence electrons. The second-order valence-corrected chi connectivity index (χ2v) is 7.23. The van der Waals surface area contributed by atoms with E-state index in [-0.39, 0.29) is 18.7 Å². The van der Waals surface area contributed by atoms with E-state index in [4.69, 9.17) is 4.98 Å². The van der Waals surface area contributed by atoms with E-state index in [0.717, 1.165) is 35.6 Å². The van der Waals surface area contributed by atoms with Gasteiger partial charge in [0.1, 0.15) is 5.69 Å². The van der Waals surface area contributed by atoms with E-state index in [9.17, 15) is 9.90 Å². The average molecular weight is 382 g/mol. The lowest BCUT2D eigenvalue weighted by molar-refractivity contribution is 0.191. The maximum Gasteiger partial charge on any atom is 0.343 e. The van der Waals surface area contributed by atoms with Gasteiger partial charge in [0, 0.05) is 19.3 Å². The number of urea groups is 1. The van der Waals surface area contributed by atoms with Crippen molar-refractivity contribution < 1.29 is 9.90 Å². The number of anilines is 4. The van der Waals surface area contributed by atoms with Crippen molar-refractivity contribution >= 4 is 29.2 Å². The van der Waals surface area contributed by atoms with E-state index < -0.39 is 0 Å². The van der Waals surface area contributed by atoms with Crippen molar-refractivity contribution in [1.82, 2.24) is 15.0 Å². The molecule has 2 amide bonds. The minimum Gasteiger partial charge on any atom is -0.392 e. The molecular weight excluding hydrogens is 356 g/mol. The summed E-state index contributed by atoms with van der Waals surface area (Å²) < 4.78 is 0. The number of hydrogen-bond acceptors (Lipinski definition) is 6. The van der Waals surface area contributed by atoms with Crippen LogP contribution in [0.5, 0.6) is 0 Å². The van der Waals surface area contributed by atoms with Crippen molar-refractivity contribution in [3.8, 4) is 0 Å². The highest BCUT2D eigenvalue weighted by atomic mass is 16.3. The number of rotatable bonds is 5. The molecular formula is C20H26N6O2. The van der Waals surface area contributed by atoms with Crippen molar-refractivity contribution in [2.75, 3.05) is 28.8 Å². The number of aromatic nitrogens is 2. The van der Waals surface area contributed by atoms with Gasteiger partial charge in [0.25, 0.3) is 0 Å². The Hall–Kier alpha value is -2.87. The molecule has 0 atom stereocenters. The van der Waals surface area contributed by atoms with Gasteiger partial charge in [-0.2, -0.15) is 4.98 Å². The van der Waals surface area contributed by atoms with E-state index in [0.29, 0.717) is 12.5 Å². The van der Waals surface area contributed by atoms with Crippen molar-refractivity contribution in [3.05, 3.63) is 36.0 Å². The summed E-state index contributed by atoms with van der Waals surface area (Å²) in [5, 5.41) is 16.4. The monoisotopic (exact) mass is 382 g/mol. The van der Waals surface area contributed by atoms with Crippen molar-refractivity contribution in [2.45, 2.75) is 45.3 Å². The molecule has 2 heterocycles. The molecule has 0 unspecified atom stereocenters. The third kappa shape index (κ3) is 3.24. The molecule has 2 aromatic rings. The lowest BCUT2D eigenvalue weighted by atomic mass is 10.2. The zero-order valence-electron chi connectivity index (χ0n) is 16.3. The predicted octanol–water partition coefficient (Wildman–Crippen LogP) is 3.27. The Morgan fingerprint density at radius 3 is 2.79 bits per heavy atom. The van der Waals surface area contributed by atoms with Gasteiger partial charge >= 0.3 is 6.03 Å². The molecule has 8 nitrogen and oxygen atoms in total. The minimum atomic E-state index is -0.0538. The second kappa shape index (κ2) is 7.63. The van der Waals surface area contributed by atoms with E-state index >= 15 is 0 Å². The number of amides is 2. The number of fused-ring (bicyclic) bond motifs is 1. The number of nitrogens with zero attached hydrogens (tertiary/aromatic N) is 5. The van der Waals surface area contributed by atoms with Crippen LogP contribution >= 0.6 is 0 Å². The summed E-state index contributed by atoms with van der Waals surface area (Å²) in [5.41, 5.74) is 2.35. The summed E-state index contributed by atoms with van der Waals surface area (Å²) in [4.78, 5) is 23.7. The summed E-state index contributed by atoms with van der Waals surface area (Å²) in [7, 11) is 1.76. The van der Waals surface area contributed by atoms with Gasteiger partial charge < -0.3 is 10.4 Å². The van der Waals surface area contributed by atoms with Crippen molar-refractivity contribution in [3.63, 3.8) is 0 Å². The van der Waals surface area contributed by atoms with Crippen molar-refractivity contribution in [1.29, 1.82) is 0 Å². The summed E-state index contributed by atoms with van der Waals surface area (Å²) in [6.45, 7) is 2.55. The third-order valence-corrected chi connectivity index (χ3v) is 5.43. The van der Waals surface area contributed by atoms with E-state index in [1.807, 2.05) is 31.2 Å². The van der Waals surface area contributed by atoms with Gasteiger partial charge in [0.15, 0.2) is 5.82 Å². The number of nitrogens with one attached hydrogen (secondary N) is 1. The number of carbonyl (C=O) groups excluding carboxylic acids is 1. The van der Waals surface area contributed by atoms with Crippen LogP contribution in [0.4, 0.5) is 27.9 Å². The smallest absolute Gasteiger partial charge is 0.343 e. The maximum atomic E-state index is 12.8. The molecule has 1 aliphatic heterocycles. The van der Waals surface area contributed by atoms with Crippen LogP contribution in [0.1, 0.15) is 38.2 Å². The fraction of sp³-hybridized carbons (Fsp3) is 0.450. The Kier molecular flexibility index (Phi) is 5.04. The molecule has 1 fully saturated rings. The summed E-state index contributed by atoms with van der Waals surface area (Å²) >= 11 is 0. The SMILES string of the molecule is CCN1C(=O)N(C)c2cnc(Nc3cccc(CO)c3)nc2N1C1CCCC1. The number of benzene rings is 1. The number of hydrazine groups is 1. The normalized spacial score (nSPS) is 17.2. The highest BCUT2D eigenvalue weighted by Gasteiger charge is 2.39. The zero-order chi connectivity index (χ0) is 19.7. The van der Waals surface area contributed by atoms with E-state index in [2.05, 4.69) is 15.3 Å². The van der Waals surface area contributed by atoms with Crippen molar-refractivity contribution in [2.24, 2.45) is 0 Å². The van der Waals surface area contributed by atoms with Gasteiger partial charge in [-0.05, 0) is 37.5 Å². The van der Waals surface area contributed by atoms with Crippen LogP contribution in [-0.2, 0) is 6.61 Å². The Morgan fingerprint density at radius 1 is 1.29 bits per heavy atom. The molecule has 28 heavy (non-hydrogen) atoms. The van der Waals surface area contributed by atoms with Gasteiger partial charge in [-0.25, -0.2) is 14.8 Å². The van der Waals surface area contributed by atoms with Gasteiger partial charge in [-0.3, -0.25) is 9.91 Å². The van der Waals surface area contributed by atoms with Crippen LogP contribution in [0.25, 0.3) is 0 Å². The highest BCUT2D eigenvalue weighted by Crippen LogP contribution is 2.38. The summed E-state index contributed by atoms with van der Waals surface area (Å²) in [5.74, 6) is 1.22. The molecule has 8 heteroatoms. The molecule has 1 saturated carbocycles. The number of aliphatic hydroxyl groups excluding tert-OH is 1. The topological polar surface area (TPSA) is 84.8 Å². The molecule has 0 spiro atoms. The largest absolute Gasteiger partial charge is 0.392 e. The standard InChI is InChI=1S/C20H26N6O2/c1-3-25-20(28)24(2)17-12-21-19(22-15-8-6-7-14(11-15)13-27)23-18(17)26(25)16-9-4-5-10-16/h6-8,11-12,16,27H,3-5,9-10,13H2,1-2H3,(H,21,22,23). The van der Waals surface area contributed by atoms with E-state index in [1.54, 1.807) is 23.2 Å². The van der Waals surface area contributed by atoms with Crippen LogP contribution < -0.4 is 15.2 Å². The van der Waals surface area contributed by atoms with Gasteiger partial charge in [-0.1, -0.05) is 25.0 Å². The van der Waals surface area contributed by atoms with Gasteiger partial charge in [0.2, 0.25) is 5.95 Å². The number of hydrogen-bond donors (Lipinski definition) is 2. The molecule has 2 N–H and O–H groups in total. The van der Waals surface area contributed by atoms with Gasteiger partial charge in [-0.15, -0.1) is 0 Å². The lowest BCUT2D eigenvalue weighted by Crippen LogP contribution is -2.59. The molecule has 1 aromatic carbocycles. The lowest BCUT2D eigenvalue weighted by Gasteiger charge is -2.45. The first-order chi connectivity index (χ1) is 13.6. The van der Waals surface area contributed by atoms with Crippen LogP contribution in [0, 0.1) is 0 Å². The first-order valence-electron chi connectivity index (χ1n) is 9.80. The maximum absolute atomic E-state index is 12.8. The van der Waals surface area contributed by atoms with Crippen LogP contribution in [0.2, 0.25) is 0 Å². The fourth-order valence-electron chi connectivity index (χ4n) is 4.00. The Labute approximate surface area is 164 Å². The van der Waals surface area contributed by atoms with Crippen LogP contribution in [-0.4, -0.2) is 45.7 Å². The Bertz CT molecular complexity index is 868. The predicted molar refractivity (Wildman–Crippen MR) is 109 cm³/mol. The fourth-order valence-corrected chi connectivity index (χ4v) is 4.00. The molecule has 2 aliphatic rings. The zero-order valence-corrected chi connectivity index (χ0v) is 16.3. The summed E-state index contributed by atoms with van der Waals surface area (Å²) in [6, 6.07) is 7.73. The first kappa shape index (κ1) is 18.5. The summed E-state index contributed by atoms with van der Waals surface area (Å²) in [6.07, 6.45) is 6.15.